The average molecular weight is 423 g/mol. The van der Waals surface area contributed by atoms with Crippen LogP contribution in [-0.4, -0.2) is 66.7 Å². The van der Waals surface area contributed by atoms with Gasteiger partial charge in [-0.15, -0.1) is 0 Å². The van der Waals surface area contributed by atoms with Gasteiger partial charge in [-0.25, -0.2) is 5.01 Å². The molecule has 4 N–H and O–H groups in total. The zero-order valence-corrected chi connectivity index (χ0v) is 18.5. The average Bonchev–Trinajstić information content (AvgIpc) is 3.20. The number of carbonyl (C=O) groups excluding carboxylic acids is 2. The van der Waals surface area contributed by atoms with E-state index < -0.39 is 0 Å². The molecule has 2 aromatic rings. The van der Waals surface area contributed by atoms with Crippen LogP contribution in [0.5, 0.6) is 0 Å². The van der Waals surface area contributed by atoms with Crippen molar-refractivity contribution >= 4 is 29.8 Å². The summed E-state index contributed by atoms with van der Waals surface area (Å²) in [6.45, 7) is 5.56. The highest BCUT2D eigenvalue weighted by Gasteiger charge is 2.24. The molecule has 0 spiro atoms. The van der Waals surface area contributed by atoms with E-state index in [1.807, 2.05) is 57.1 Å². The van der Waals surface area contributed by atoms with Crippen LogP contribution in [0.4, 0.5) is 5.69 Å². The topological polar surface area (TPSA) is 107 Å². The SMILES string of the molecule is Cc1[nH]c(C=C2C=NN(CCc3ccc(N)cc3)C2=O)c(C)c1C(=O)NCCN(C)C. The Balaban J connectivity index is 1.66. The van der Waals surface area contributed by atoms with E-state index in [-0.39, 0.29) is 11.8 Å². The van der Waals surface area contributed by atoms with E-state index in [4.69, 9.17) is 5.73 Å². The molecule has 3 rings (SSSR count). The van der Waals surface area contributed by atoms with Gasteiger partial charge in [0.25, 0.3) is 11.8 Å². The van der Waals surface area contributed by atoms with Crippen LogP contribution >= 0.6 is 0 Å². The Morgan fingerprint density at radius 1 is 1.26 bits per heavy atom. The van der Waals surface area contributed by atoms with Gasteiger partial charge in [-0.3, -0.25) is 9.59 Å². The quantitative estimate of drug-likeness (QED) is 0.446. The maximum atomic E-state index is 12.7. The Morgan fingerprint density at radius 2 is 1.97 bits per heavy atom. The zero-order chi connectivity index (χ0) is 22.5. The summed E-state index contributed by atoms with van der Waals surface area (Å²) in [6.07, 6.45) is 4.01. The van der Waals surface area contributed by atoms with Crippen molar-refractivity contribution in [3.05, 3.63) is 57.9 Å². The Kier molecular flexibility index (Phi) is 6.91. The number of hydrazone groups is 1. The molecule has 8 nitrogen and oxygen atoms in total. The summed E-state index contributed by atoms with van der Waals surface area (Å²) < 4.78 is 0. The van der Waals surface area contributed by atoms with Gasteiger partial charge in [0.05, 0.1) is 17.4 Å². The first-order valence-corrected chi connectivity index (χ1v) is 10.3. The number of aryl methyl sites for hydroxylation is 1. The predicted molar refractivity (Wildman–Crippen MR) is 124 cm³/mol. The molecule has 1 aromatic carbocycles. The molecule has 31 heavy (non-hydrogen) atoms. The fraction of sp³-hybridized carbons (Fsp3) is 0.348. The summed E-state index contributed by atoms with van der Waals surface area (Å²) in [7, 11) is 3.92. The van der Waals surface area contributed by atoms with E-state index in [1.165, 1.54) is 5.01 Å². The van der Waals surface area contributed by atoms with Gasteiger partial charge in [0.15, 0.2) is 0 Å². The van der Waals surface area contributed by atoms with E-state index >= 15 is 0 Å². The summed E-state index contributed by atoms with van der Waals surface area (Å²) in [5, 5.41) is 8.65. The van der Waals surface area contributed by atoms with Gasteiger partial charge in [-0.1, -0.05) is 12.1 Å². The molecule has 0 bridgehead atoms. The van der Waals surface area contributed by atoms with Crippen molar-refractivity contribution in [2.24, 2.45) is 5.10 Å². The number of carbonyl (C=O) groups is 2. The number of rotatable bonds is 8. The second kappa shape index (κ2) is 9.61. The first-order valence-electron chi connectivity index (χ1n) is 10.3. The van der Waals surface area contributed by atoms with Crippen LogP contribution in [-0.2, 0) is 11.2 Å². The second-order valence-corrected chi connectivity index (χ2v) is 7.99. The predicted octanol–water partition coefficient (Wildman–Crippen LogP) is 1.96. The highest BCUT2D eigenvalue weighted by atomic mass is 16.2. The number of likely N-dealkylation sites (N-methyl/N-ethyl adjacent to an activating group) is 1. The third-order valence-electron chi connectivity index (χ3n) is 5.26. The first kappa shape index (κ1) is 22.3. The molecule has 164 valence electrons. The summed E-state index contributed by atoms with van der Waals surface area (Å²) in [5.41, 5.74) is 11.0. The monoisotopic (exact) mass is 422 g/mol. The van der Waals surface area contributed by atoms with Gasteiger partial charge in [0, 0.05) is 36.7 Å². The maximum absolute atomic E-state index is 12.7. The van der Waals surface area contributed by atoms with E-state index in [9.17, 15) is 9.59 Å². The van der Waals surface area contributed by atoms with Crippen LogP contribution < -0.4 is 11.1 Å². The molecule has 0 fully saturated rings. The molecular formula is C23H30N6O2. The standard InChI is InChI=1S/C23H30N6O2/c1-15-20(27-16(2)21(15)22(30)25-10-12-28(3)4)13-18-14-26-29(23(18)31)11-9-17-5-7-19(24)8-6-17/h5-8,13-14,27H,9-12,24H2,1-4H3,(H,25,30). The summed E-state index contributed by atoms with van der Waals surface area (Å²) >= 11 is 0. The largest absolute Gasteiger partial charge is 0.399 e. The molecule has 0 radical (unpaired) electrons. The number of hydrogen-bond donors (Lipinski definition) is 3. The fourth-order valence-electron chi connectivity index (χ4n) is 3.46. The molecule has 2 amide bonds. The van der Waals surface area contributed by atoms with E-state index in [0.717, 1.165) is 29.1 Å². The number of aromatic nitrogens is 1. The second-order valence-electron chi connectivity index (χ2n) is 7.99. The van der Waals surface area contributed by atoms with Gasteiger partial charge in [-0.2, -0.15) is 5.10 Å². The smallest absolute Gasteiger partial charge is 0.275 e. The van der Waals surface area contributed by atoms with Crippen LogP contribution in [0, 0.1) is 13.8 Å². The van der Waals surface area contributed by atoms with E-state index in [1.54, 1.807) is 12.3 Å². The number of nitrogens with zero attached hydrogens (tertiary/aromatic N) is 3. The zero-order valence-electron chi connectivity index (χ0n) is 18.5. The summed E-state index contributed by atoms with van der Waals surface area (Å²) in [6, 6.07) is 7.60. The van der Waals surface area contributed by atoms with Crippen LogP contribution in [0.3, 0.4) is 0 Å². The van der Waals surface area contributed by atoms with E-state index in [0.29, 0.717) is 36.3 Å². The number of amides is 2. The molecule has 0 atom stereocenters. The summed E-state index contributed by atoms with van der Waals surface area (Å²) in [5.74, 6) is -0.270. The number of hydrogen-bond acceptors (Lipinski definition) is 5. The van der Waals surface area contributed by atoms with Crippen LogP contribution in [0.25, 0.3) is 6.08 Å². The van der Waals surface area contributed by atoms with Gasteiger partial charge in [-0.05, 0) is 63.7 Å². The number of nitrogens with one attached hydrogen (secondary N) is 2. The minimum Gasteiger partial charge on any atom is -0.399 e. The van der Waals surface area contributed by atoms with Crippen LogP contribution in [0.1, 0.15) is 32.9 Å². The van der Waals surface area contributed by atoms with Gasteiger partial charge >= 0.3 is 0 Å². The number of nitrogen functional groups attached to an aromatic ring is 1. The molecule has 0 saturated carbocycles. The lowest BCUT2D eigenvalue weighted by atomic mass is 10.1. The Morgan fingerprint density at radius 3 is 2.65 bits per heavy atom. The number of benzene rings is 1. The van der Waals surface area contributed by atoms with Crippen molar-refractivity contribution in [2.75, 3.05) is 39.5 Å². The maximum Gasteiger partial charge on any atom is 0.275 e. The lowest BCUT2D eigenvalue weighted by Crippen LogP contribution is -2.31. The van der Waals surface area contributed by atoms with Crippen molar-refractivity contribution in [1.29, 1.82) is 0 Å². The number of aromatic amines is 1. The molecule has 0 saturated heterocycles. The molecular weight excluding hydrogens is 392 g/mol. The molecule has 1 aliphatic rings. The summed E-state index contributed by atoms with van der Waals surface area (Å²) in [4.78, 5) is 30.6. The van der Waals surface area contributed by atoms with Gasteiger partial charge in [0.2, 0.25) is 0 Å². The molecule has 1 aromatic heterocycles. The third kappa shape index (κ3) is 5.40. The Bertz CT molecular complexity index is 1020. The fourth-order valence-corrected chi connectivity index (χ4v) is 3.46. The van der Waals surface area contributed by atoms with Crippen molar-refractivity contribution in [1.82, 2.24) is 20.2 Å². The molecule has 0 aliphatic carbocycles. The van der Waals surface area contributed by atoms with Crippen LogP contribution in [0.2, 0.25) is 0 Å². The first-order chi connectivity index (χ1) is 14.8. The Hall–Kier alpha value is -3.39. The normalized spacial score (nSPS) is 14.8. The molecule has 0 unspecified atom stereocenters. The highest BCUT2D eigenvalue weighted by Crippen LogP contribution is 2.22. The number of nitrogens with two attached hydrogens (primary N) is 1. The van der Waals surface area contributed by atoms with Crippen molar-refractivity contribution in [3.63, 3.8) is 0 Å². The molecule has 8 heteroatoms. The number of anilines is 1. The minimum atomic E-state index is -0.154. The molecule has 2 heterocycles. The van der Waals surface area contributed by atoms with E-state index in [2.05, 4.69) is 15.4 Å². The number of H-pyrrole nitrogens is 1. The van der Waals surface area contributed by atoms with Crippen LogP contribution in [0.15, 0.2) is 34.9 Å². The molecule has 1 aliphatic heterocycles. The van der Waals surface area contributed by atoms with Gasteiger partial charge in [0.1, 0.15) is 0 Å². The van der Waals surface area contributed by atoms with Crippen molar-refractivity contribution in [3.8, 4) is 0 Å². The Labute approximate surface area is 182 Å². The lowest BCUT2D eigenvalue weighted by molar-refractivity contribution is -0.125. The lowest BCUT2D eigenvalue weighted by Gasteiger charge is -2.11. The van der Waals surface area contributed by atoms with Crippen molar-refractivity contribution < 1.29 is 9.59 Å². The van der Waals surface area contributed by atoms with Gasteiger partial charge < -0.3 is 20.9 Å². The third-order valence-corrected chi connectivity index (χ3v) is 5.26. The minimum absolute atomic E-state index is 0.116. The van der Waals surface area contributed by atoms with Crippen molar-refractivity contribution in [2.45, 2.75) is 20.3 Å². The highest BCUT2D eigenvalue weighted by molar-refractivity contribution is 6.18.